The van der Waals surface area contributed by atoms with Crippen molar-refractivity contribution in [1.29, 1.82) is 0 Å². The predicted octanol–water partition coefficient (Wildman–Crippen LogP) is 2.78. The van der Waals surface area contributed by atoms with E-state index in [2.05, 4.69) is 0 Å². The predicted molar refractivity (Wildman–Crippen MR) is 62.1 cm³/mol. The smallest absolute Gasteiger partial charge is 0.168 e. The van der Waals surface area contributed by atoms with Gasteiger partial charge in [0.2, 0.25) is 0 Å². The summed E-state index contributed by atoms with van der Waals surface area (Å²) in [7, 11) is 1.43. The maximum Gasteiger partial charge on any atom is 0.168 e. The summed E-state index contributed by atoms with van der Waals surface area (Å²) >= 11 is 0. The lowest BCUT2D eigenvalue weighted by molar-refractivity contribution is 0.0131. The molecule has 90 valence electrons. The molecule has 1 aromatic carbocycles. The Hall–Kier alpha value is -1.09. The van der Waals surface area contributed by atoms with Crippen LogP contribution < -0.4 is 4.74 Å². The second-order valence-electron chi connectivity index (χ2n) is 4.62. The van der Waals surface area contributed by atoms with Crippen molar-refractivity contribution in [2.24, 2.45) is 5.92 Å². The van der Waals surface area contributed by atoms with E-state index in [1.54, 1.807) is 25.1 Å². The fourth-order valence-electron chi connectivity index (χ4n) is 1.44. The minimum atomic E-state index is -0.910. The number of aliphatic hydroxyl groups is 1. The van der Waals surface area contributed by atoms with Crippen molar-refractivity contribution in [3.63, 3.8) is 0 Å². The zero-order valence-corrected chi connectivity index (χ0v) is 10.2. The molecule has 0 amide bonds. The van der Waals surface area contributed by atoms with Crippen molar-refractivity contribution in [2.75, 3.05) is 7.11 Å². The van der Waals surface area contributed by atoms with Crippen LogP contribution in [0.25, 0.3) is 0 Å². The third kappa shape index (κ3) is 2.73. The highest BCUT2D eigenvalue weighted by Crippen LogP contribution is 2.26. The molecule has 1 atom stereocenters. The van der Waals surface area contributed by atoms with Crippen LogP contribution in [0.3, 0.4) is 0 Å². The van der Waals surface area contributed by atoms with Crippen molar-refractivity contribution in [1.82, 2.24) is 0 Å². The van der Waals surface area contributed by atoms with Gasteiger partial charge in [0.1, 0.15) is 0 Å². The summed E-state index contributed by atoms with van der Waals surface area (Å²) in [5.41, 5.74) is -0.425. The van der Waals surface area contributed by atoms with Crippen LogP contribution in [0.15, 0.2) is 18.2 Å². The molecule has 0 saturated heterocycles. The second kappa shape index (κ2) is 4.83. The minimum absolute atomic E-state index is 0.0677. The molecule has 0 spiro atoms. The number of ether oxygens (including phenoxy) is 1. The molecule has 2 nitrogen and oxygen atoms in total. The lowest BCUT2D eigenvalue weighted by Crippen LogP contribution is -2.33. The first-order valence-electron chi connectivity index (χ1n) is 5.42. The summed E-state index contributed by atoms with van der Waals surface area (Å²) in [6.07, 6.45) is 0.285. The highest BCUT2D eigenvalue weighted by molar-refractivity contribution is 5.31. The number of benzene rings is 1. The molecule has 0 aliphatic carbocycles. The average Bonchev–Trinajstić information content (AvgIpc) is 2.20. The first-order valence-corrected chi connectivity index (χ1v) is 5.42. The van der Waals surface area contributed by atoms with Crippen LogP contribution in [0.1, 0.15) is 26.3 Å². The lowest BCUT2D eigenvalue weighted by atomic mass is 9.86. The highest BCUT2D eigenvalue weighted by Gasteiger charge is 2.27. The van der Waals surface area contributed by atoms with E-state index in [0.717, 1.165) is 0 Å². The van der Waals surface area contributed by atoms with Crippen molar-refractivity contribution in [3.05, 3.63) is 29.6 Å². The largest absolute Gasteiger partial charge is 0.494 e. The van der Waals surface area contributed by atoms with Crippen molar-refractivity contribution < 1.29 is 14.2 Å². The molecular weight excluding hydrogens is 207 g/mol. The van der Waals surface area contributed by atoms with Crippen LogP contribution in [0.5, 0.6) is 5.75 Å². The first-order chi connectivity index (χ1) is 7.38. The Labute approximate surface area is 96.1 Å². The maximum atomic E-state index is 13.8. The topological polar surface area (TPSA) is 29.5 Å². The Bertz CT molecular complexity index is 359. The van der Waals surface area contributed by atoms with Gasteiger partial charge in [-0.2, -0.15) is 0 Å². The zero-order valence-electron chi connectivity index (χ0n) is 10.2. The van der Waals surface area contributed by atoms with Crippen LogP contribution in [0, 0.1) is 11.7 Å². The van der Waals surface area contributed by atoms with Crippen LogP contribution in [0.2, 0.25) is 0 Å². The third-order valence-electron chi connectivity index (χ3n) is 3.06. The second-order valence-corrected chi connectivity index (χ2v) is 4.62. The number of rotatable bonds is 4. The number of hydrogen-bond acceptors (Lipinski definition) is 2. The van der Waals surface area contributed by atoms with Crippen LogP contribution in [-0.2, 0) is 6.42 Å². The van der Waals surface area contributed by atoms with Gasteiger partial charge in [-0.05, 0) is 24.5 Å². The molecule has 0 aliphatic heterocycles. The van der Waals surface area contributed by atoms with Gasteiger partial charge in [-0.15, -0.1) is 0 Å². The number of methoxy groups -OCH3 is 1. The van der Waals surface area contributed by atoms with Crippen molar-refractivity contribution in [3.8, 4) is 5.75 Å². The van der Waals surface area contributed by atoms with Gasteiger partial charge >= 0.3 is 0 Å². The van der Waals surface area contributed by atoms with E-state index in [9.17, 15) is 9.50 Å². The Balaban J connectivity index is 2.98. The van der Waals surface area contributed by atoms with E-state index in [-0.39, 0.29) is 23.9 Å². The third-order valence-corrected chi connectivity index (χ3v) is 3.06. The maximum absolute atomic E-state index is 13.8. The van der Waals surface area contributed by atoms with Crippen LogP contribution in [0.4, 0.5) is 4.39 Å². The Kier molecular flexibility index (Phi) is 3.92. The van der Waals surface area contributed by atoms with Gasteiger partial charge in [0.25, 0.3) is 0 Å². The molecule has 0 heterocycles. The molecule has 0 aliphatic rings. The molecule has 0 bridgehead atoms. The Morgan fingerprint density at radius 3 is 2.56 bits per heavy atom. The van der Waals surface area contributed by atoms with E-state index in [0.29, 0.717) is 5.56 Å². The Morgan fingerprint density at radius 2 is 2.06 bits per heavy atom. The molecule has 0 aromatic heterocycles. The Morgan fingerprint density at radius 1 is 1.44 bits per heavy atom. The SMILES string of the molecule is COc1cccc(CC(C)(O)C(C)C)c1F. The molecule has 0 radical (unpaired) electrons. The highest BCUT2D eigenvalue weighted by atomic mass is 19.1. The van der Waals surface area contributed by atoms with Crippen LogP contribution in [-0.4, -0.2) is 17.8 Å². The molecule has 1 aromatic rings. The number of halogens is 1. The first kappa shape index (κ1) is 13.0. The normalized spacial score (nSPS) is 14.9. The van der Waals surface area contributed by atoms with Gasteiger partial charge in [-0.1, -0.05) is 26.0 Å². The van der Waals surface area contributed by atoms with Crippen molar-refractivity contribution >= 4 is 0 Å². The van der Waals surface area contributed by atoms with Gasteiger partial charge < -0.3 is 9.84 Å². The van der Waals surface area contributed by atoms with E-state index in [4.69, 9.17) is 4.74 Å². The van der Waals surface area contributed by atoms with Crippen molar-refractivity contribution in [2.45, 2.75) is 32.8 Å². The van der Waals surface area contributed by atoms with Gasteiger partial charge in [0.15, 0.2) is 11.6 Å². The standard InChI is InChI=1S/C13H19FO2/c1-9(2)13(3,15)8-10-6-5-7-11(16-4)12(10)14/h5-7,9,15H,8H2,1-4H3. The fraction of sp³-hybridized carbons (Fsp3) is 0.538. The molecule has 1 N–H and O–H groups in total. The summed E-state index contributed by atoms with van der Waals surface area (Å²) in [6.45, 7) is 5.55. The van der Waals surface area contributed by atoms with E-state index >= 15 is 0 Å². The summed E-state index contributed by atoms with van der Waals surface area (Å²) in [4.78, 5) is 0. The number of hydrogen-bond donors (Lipinski definition) is 1. The monoisotopic (exact) mass is 226 g/mol. The summed E-state index contributed by atoms with van der Waals surface area (Å²) in [5, 5.41) is 10.1. The van der Waals surface area contributed by atoms with E-state index in [1.165, 1.54) is 7.11 Å². The molecule has 3 heteroatoms. The molecular formula is C13H19FO2. The van der Waals surface area contributed by atoms with Gasteiger partial charge in [-0.25, -0.2) is 4.39 Å². The molecule has 16 heavy (non-hydrogen) atoms. The summed E-state index contributed by atoms with van der Waals surface area (Å²) in [6, 6.07) is 4.98. The summed E-state index contributed by atoms with van der Waals surface area (Å²) in [5.74, 6) is -0.0962. The van der Waals surface area contributed by atoms with Crippen LogP contribution >= 0.6 is 0 Å². The average molecular weight is 226 g/mol. The quantitative estimate of drug-likeness (QED) is 0.855. The molecule has 1 rings (SSSR count). The van der Waals surface area contributed by atoms with Gasteiger partial charge in [0, 0.05) is 6.42 Å². The molecule has 1 unspecified atom stereocenters. The van der Waals surface area contributed by atoms with E-state index in [1.807, 2.05) is 13.8 Å². The zero-order chi connectivity index (χ0) is 12.3. The summed E-state index contributed by atoms with van der Waals surface area (Å²) < 4.78 is 18.7. The molecule has 0 fully saturated rings. The molecule has 0 saturated carbocycles. The fourth-order valence-corrected chi connectivity index (χ4v) is 1.44. The lowest BCUT2D eigenvalue weighted by Gasteiger charge is -2.28. The van der Waals surface area contributed by atoms with Gasteiger partial charge in [-0.3, -0.25) is 0 Å². The van der Waals surface area contributed by atoms with Gasteiger partial charge in [0.05, 0.1) is 12.7 Å². The minimum Gasteiger partial charge on any atom is -0.494 e. The van der Waals surface area contributed by atoms with E-state index < -0.39 is 5.60 Å².